The minimum Gasteiger partial charge on any atom is -0.506 e. The van der Waals surface area contributed by atoms with Gasteiger partial charge in [-0.2, -0.15) is 4.98 Å². The number of phenolic OH excluding ortho intramolecular Hbond substituents is 1. The Labute approximate surface area is 179 Å². The molecule has 156 valence electrons. The predicted octanol–water partition coefficient (Wildman–Crippen LogP) is 3.37. The first kappa shape index (κ1) is 20.4. The molecule has 2 heterocycles. The number of nitrogens with zero attached hydrogens (tertiary/aromatic N) is 4. The molecule has 0 bridgehead atoms. The minimum atomic E-state index is 0.0233. The van der Waals surface area contributed by atoms with Crippen LogP contribution in [-0.4, -0.2) is 57.1 Å². The Morgan fingerprint density at radius 3 is 2.73 bits per heavy atom. The molecule has 1 aliphatic heterocycles. The van der Waals surface area contributed by atoms with Crippen molar-refractivity contribution >= 4 is 17.5 Å². The van der Waals surface area contributed by atoms with Crippen molar-refractivity contribution in [1.29, 1.82) is 0 Å². The molecule has 1 N–H and O–H groups in total. The fourth-order valence-corrected chi connectivity index (χ4v) is 3.74. The number of halogens is 1. The normalized spacial score (nSPS) is 15.2. The van der Waals surface area contributed by atoms with Gasteiger partial charge in [0.2, 0.25) is 5.91 Å². The third-order valence-corrected chi connectivity index (χ3v) is 5.47. The first-order chi connectivity index (χ1) is 14.6. The Kier molecular flexibility index (Phi) is 6.30. The lowest BCUT2D eigenvalue weighted by Gasteiger charge is -2.21. The standard InChI is InChI=1S/C22H23ClN4O3/c23-18-13-16(7-8-19(18)28)14-21(29)27-10-4-9-26(11-12-27)15-20-24-22(30-25-20)17-5-2-1-3-6-17/h1-3,5-8,13,28H,4,9-12,14-15H2. The Morgan fingerprint density at radius 2 is 1.93 bits per heavy atom. The molecule has 3 aromatic rings. The van der Waals surface area contributed by atoms with E-state index in [-0.39, 0.29) is 23.1 Å². The average molecular weight is 427 g/mol. The van der Waals surface area contributed by atoms with Crippen LogP contribution >= 0.6 is 11.6 Å². The van der Waals surface area contributed by atoms with Gasteiger partial charge in [0.1, 0.15) is 5.75 Å². The minimum absolute atomic E-state index is 0.0233. The third-order valence-electron chi connectivity index (χ3n) is 5.16. The Morgan fingerprint density at radius 1 is 1.10 bits per heavy atom. The first-order valence-corrected chi connectivity index (χ1v) is 10.3. The number of rotatable bonds is 5. The Bertz CT molecular complexity index is 1010. The molecule has 1 aromatic heterocycles. The number of hydrogen-bond donors (Lipinski definition) is 1. The number of carbonyl (C=O) groups is 1. The summed E-state index contributed by atoms with van der Waals surface area (Å²) < 4.78 is 5.39. The zero-order valence-corrected chi connectivity index (χ0v) is 17.3. The molecule has 1 saturated heterocycles. The van der Waals surface area contributed by atoms with Crippen LogP contribution in [0.4, 0.5) is 0 Å². The topological polar surface area (TPSA) is 82.7 Å². The van der Waals surface area contributed by atoms with E-state index in [1.807, 2.05) is 35.2 Å². The smallest absolute Gasteiger partial charge is 0.257 e. The number of hydrogen-bond acceptors (Lipinski definition) is 6. The molecule has 7 nitrogen and oxygen atoms in total. The second-order valence-electron chi connectivity index (χ2n) is 7.35. The van der Waals surface area contributed by atoms with Gasteiger partial charge >= 0.3 is 0 Å². The van der Waals surface area contributed by atoms with Crippen LogP contribution in [0.25, 0.3) is 11.5 Å². The van der Waals surface area contributed by atoms with Crippen LogP contribution in [0.1, 0.15) is 17.8 Å². The van der Waals surface area contributed by atoms with Crippen LogP contribution < -0.4 is 0 Å². The van der Waals surface area contributed by atoms with Crippen molar-refractivity contribution in [1.82, 2.24) is 19.9 Å². The molecule has 4 rings (SSSR count). The van der Waals surface area contributed by atoms with Crippen molar-refractivity contribution in [2.75, 3.05) is 26.2 Å². The quantitative estimate of drug-likeness (QED) is 0.673. The SMILES string of the molecule is O=C(Cc1ccc(O)c(Cl)c1)N1CCCN(Cc2noc(-c3ccccc3)n2)CC1. The van der Waals surface area contributed by atoms with Crippen molar-refractivity contribution in [3.63, 3.8) is 0 Å². The maximum Gasteiger partial charge on any atom is 0.257 e. The number of aromatic hydroxyl groups is 1. The van der Waals surface area contributed by atoms with Gasteiger partial charge in [-0.15, -0.1) is 0 Å². The Hall–Kier alpha value is -2.90. The van der Waals surface area contributed by atoms with E-state index in [0.29, 0.717) is 31.3 Å². The highest BCUT2D eigenvalue weighted by atomic mass is 35.5. The van der Waals surface area contributed by atoms with E-state index in [9.17, 15) is 9.90 Å². The summed E-state index contributed by atoms with van der Waals surface area (Å²) in [4.78, 5) is 21.3. The molecule has 30 heavy (non-hydrogen) atoms. The number of carbonyl (C=O) groups excluding carboxylic acids is 1. The number of aromatic nitrogens is 2. The van der Waals surface area contributed by atoms with E-state index in [0.717, 1.165) is 30.6 Å². The summed E-state index contributed by atoms with van der Waals surface area (Å²) in [6.45, 7) is 3.56. The lowest BCUT2D eigenvalue weighted by molar-refractivity contribution is -0.130. The van der Waals surface area contributed by atoms with Crippen LogP contribution in [0.5, 0.6) is 5.75 Å². The lowest BCUT2D eigenvalue weighted by Crippen LogP contribution is -2.36. The van der Waals surface area contributed by atoms with E-state index < -0.39 is 0 Å². The van der Waals surface area contributed by atoms with E-state index in [1.54, 1.807) is 12.1 Å². The van der Waals surface area contributed by atoms with Gasteiger partial charge in [0, 0.05) is 31.7 Å². The number of benzene rings is 2. The molecule has 0 radical (unpaired) electrons. The molecule has 0 unspecified atom stereocenters. The largest absolute Gasteiger partial charge is 0.506 e. The van der Waals surface area contributed by atoms with Crippen molar-refractivity contribution in [2.24, 2.45) is 0 Å². The first-order valence-electron chi connectivity index (χ1n) is 9.94. The number of amides is 1. The Balaban J connectivity index is 1.32. The highest BCUT2D eigenvalue weighted by Crippen LogP contribution is 2.24. The third kappa shape index (κ3) is 4.98. The molecule has 0 spiro atoms. The van der Waals surface area contributed by atoms with Crippen LogP contribution in [0.3, 0.4) is 0 Å². The maximum atomic E-state index is 12.7. The van der Waals surface area contributed by atoms with Gasteiger partial charge < -0.3 is 14.5 Å². The van der Waals surface area contributed by atoms with Crippen molar-refractivity contribution in [3.8, 4) is 17.2 Å². The van der Waals surface area contributed by atoms with Gasteiger partial charge in [-0.3, -0.25) is 9.69 Å². The maximum absolute atomic E-state index is 12.7. The monoisotopic (exact) mass is 426 g/mol. The molecule has 8 heteroatoms. The summed E-state index contributed by atoms with van der Waals surface area (Å²) in [5, 5.41) is 13.9. The van der Waals surface area contributed by atoms with Crippen molar-refractivity contribution < 1.29 is 14.4 Å². The highest BCUT2D eigenvalue weighted by Gasteiger charge is 2.21. The van der Waals surface area contributed by atoms with Crippen LogP contribution in [0.2, 0.25) is 5.02 Å². The van der Waals surface area contributed by atoms with E-state index >= 15 is 0 Å². The van der Waals surface area contributed by atoms with Gasteiger partial charge in [0.05, 0.1) is 18.0 Å². The van der Waals surface area contributed by atoms with E-state index in [1.165, 1.54) is 6.07 Å². The molecule has 0 saturated carbocycles. The van der Waals surface area contributed by atoms with Crippen LogP contribution in [-0.2, 0) is 17.8 Å². The molecule has 2 aromatic carbocycles. The fourth-order valence-electron chi connectivity index (χ4n) is 3.54. The molecule has 0 aliphatic carbocycles. The lowest BCUT2D eigenvalue weighted by atomic mass is 10.1. The van der Waals surface area contributed by atoms with Crippen LogP contribution in [0.15, 0.2) is 53.1 Å². The van der Waals surface area contributed by atoms with Gasteiger partial charge in [0.15, 0.2) is 5.82 Å². The molecular formula is C22H23ClN4O3. The predicted molar refractivity (Wildman–Crippen MR) is 113 cm³/mol. The number of phenols is 1. The van der Waals surface area contributed by atoms with Crippen molar-refractivity contribution in [2.45, 2.75) is 19.4 Å². The summed E-state index contributed by atoms with van der Waals surface area (Å²) in [5.41, 5.74) is 1.70. The zero-order chi connectivity index (χ0) is 20.9. The van der Waals surface area contributed by atoms with Gasteiger partial charge in [-0.1, -0.05) is 41.0 Å². The van der Waals surface area contributed by atoms with Crippen LogP contribution in [0, 0.1) is 0 Å². The summed E-state index contributed by atoms with van der Waals surface area (Å²) in [7, 11) is 0. The molecule has 1 aliphatic rings. The summed E-state index contributed by atoms with van der Waals surface area (Å²) in [6.07, 6.45) is 1.15. The van der Waals surface area contributed by atoms with E-state index in [2.05, 4.69) is 15.0 Å². The molecular weight excluding hydrogens is 404 g/mol. The van der Waals surface area contributed by atoms with E-state index in [4.69, 9.17) is 16.1 Å². The summed E-state index contributed by atoms with van der Waals surface area (Å²) >= 11 is 5.95. The van der Waals surface area contributed by atoms with Gasteiger partial charge in [-0.05, 0) is 36.2 Å². The summed E-state index contributed by atoms with van der Waals surface area (Å²) in [5.74, 6) is 1.25. The fraction of sp³-hybridized carbons (Fsp3) is 0.318. The molecule has 1 amide bonds. The highest BCUT2D eigenvalue weighted by molar-refractivity contribution is 6.32. The zero-order valence-electron chi connectivity index (χ0n) is 16.5. The molecule has 1 fully saturated rings. The summed E-state index contributed by atoms with van der Waals surface area (Å²) in [6, 6.07) is 14.6. The average Bonchev–Trinajstić information content (AvgIpc) is 3.09. The second kappa shape index (κ2) is 9.28. The molecule has 0 atom stereocenters. The van der Waals surface area contributed by atoms with Crippen molar-refractivity contribution in [3.05, 3.63) is 64.9 Å². The van der Waals surface area contributed by atoms with Gasteiger partial charge in [-0.25, -0.2) is 0 Å². The van der Waals surface area contributed by atoms with Gasteiger partial charge in [0.25, 0.3) is 5.89 Å². The second-order valence-corrected chi connectivity index (χ2v) is 7.76.